The van der Waals surface area contributed by atoms with Crippen LogP contribution in [0.3, 0.4) is 0 Å². The molecule has 0 spiro atoms. The summed E-state index contributed by atoms with van der Waals surface area (Å²) in [4.78, 5) is 8.01. The highest BCUT2D eigenvalue weighted by molar-refractivity contribution is 5.09. The Bertz CT molecular complexity index is 411. The van der Waals surface area contributed by atoms with Gasteiger partial charge in [-0.25, -0.2) is 4.98 Å². The molecule has 0 bridgehead atoms. The molecule has 4 heteroatoms. The minimum atomic E-state index is 0.00224. The van der Waals surface area contributed by atoms with Crippen molar-refractivity contribution in [3.8, 4) is 0 Å². The van der Waals surface area contributed by atoms with Crippen molar-refractivity contribution in [2.45, 2.75) is 19.6 Å². The van der Waals surface area contributed by atoms with Crippen molar-refractivity contribution < 1.29 is 5.11 Å². The van der Waals surface area contributed by atoms with Crippen LogP contribution in [-0.4, -0.2) is 19.6 Å². The largest absolute Gasteiger partial charge is 0.390 e. The van der Waals surface area contributed by atoms with Crippen LogP contribution < -0.4 is 0 Å². The number of aryl methyl sites for hydroxylation is 2. The predicted octanol–water partition coefficient (Wildman–Crippen LogP) is 1.01. The lowest BCUT2D eigenvalue weighted by molar-refractivity contribution is 0.277. The molecular weight excluding hydrogens is 190 g/mol. The number of imidazole rings is 1. The van der Waals surface area contributed by atoms with E-state index in [1.807, 2.05) is 22.9 Å². The zero-order chi connectivity index (χ0) is 10.5. The molecule has 0 aliphatic carbocycles. The highest BCUT2D eigenvalue weighted by atomic mass is 16.3. The van der Waals surface area contributed by atoms with Crippen LogP contribution in [0.2, 0.25) is 0 Å². The molecule has 0 unspecified atom stereocenters. The normalized spacial score (nSPS) is 10.5. The SMILES string of the molecule is OCc1cn(CCc2ccncc2)cn1. The van der Waals surface area contributed by atoms with Crippen LogP contribution >= 0.6 is 0 Å². The average Bonchev–Trinajstić information content (AvgIpc) is 2.76. The standard InChI is InChI=1S/C11H13N3O/c15-8-11-7-14(9-13-11)6-3-10-1-4-12-5-2-10/h1-2,4-5,7,9,15H,3,6,8H2. The topological polar surface area (TPSA) is 50.9 Å². The lowest BCUT2D eigenvalue weighted by Crippen LogP contribution is -1.98. The second-order valence-electron chi connectivity index (χ2n) is 3.37. The Morgan fingerprint density at radius 1 is 1.27 bits per heavy atom. The first-order valence-corrected chi connectivity index (χ1v) is 4.89. The van der Waals surface area contributed by atoms with Crippen LogP contribution in [0.5, 0.6) is 0 Å². The molecule has 0 fully saturated rings. The number of pyridine rings is 1. The monoisotopic (exact) mass is 203 g/mol. The van der Waals surface area contributed by atoms with E-state index in [4.69, 9.17) is 5.11 Å². The van der Waals surface area contributed by atoms with E-state index in [2.05, 4.69) is 9.97 Å². The van der Waals surface area contributed by atoms with Gasteiger partial charge in [-0.15, -0.1) is 0 Å². The molecule has 1 N–H and O–H groups in total. The molecule has 0 amide bonds. The first kappa shape index (κ1) is 9.86. The molecule has 15 heavy (non-hydrogen) atoms. The third-order valence-corrected chi connectivity index (χ3v) is 2.26. The predicted molar refractivity (Wildman–Crippen MR) is 56.1 cm³/mol. The van der Waals surface area contributed by atoms with E-state index in [0.29, 0.717) is 5.69 Å². The molecule has 0 aliphatic rings. The maximum absolute atomic E-state index is 8.85. The number of aliphatic hydroxyl groups excluding tert-OH is 1. The van der Waals surface area contributed by atoms with Crippen molar-refractivity contribution in [1.29, 1.82) is 0 Å². The Hall–Kier alpha value is -1.68. The van der Waals surface area contributed by atoms with Crippen LogP contribution in [0, 0.1) is 0 Å². The van der Waals surface area contributed by atoms with Gasteiger partial charge in [0.05, 0.1) is 18.6 Å². The third-order valence-electron chi connectivity index (χ3n) is 2.26. The number of nitrogens with zero attached hydrogens (tertiary/aromatic N) is 3. The molecule has 78 valence electrons. The van der Waals surface area contributed by atoms with Gasteiger partial charge in [0.25, 0.3) is 0 Å². The van der Waals surface area contributed by atoms with Gasteiger partial charge in [-0.2, -0.15) is 0 Å². The van der Waals surface area contributed by atoms with Gasteiger partial charge in [0.1, 0.15) is 0 Å². The van der Waals surface area contributed by atoms with Gasteiger partial charge < -0.3 is 9.67 Å². The van der Waals surface area contributed by atoms with E-state index in [0.717, 1.165) is 13.0 Å². The van der Waals surface area contributed by atoms with Gasteiger partial charge >= 0.3 is 0 Å². The van der Waals surface area contributed by atoms with Crippen molar-refractivity contribution in [2.24, 2.45) is 0 Å². The quantitative estimate of drug-likeness (QED) is 0.807. The van der Waals surface area contributed by atoms with E-state index in [1.165, 1.54) is 5.56 Å². The van der Waals surface area contributed by atoms with Crippen LogP contribution in [0.25, 0.3) is 0 Å². The van der Waals surface area contributed by atoms with Crippen LogP contribution in [0.15, 0.2) is 37.1 Å². The fourth-order valence-corrected chi connectivity index (χ4v) is 1.42. The van der Waals surface area contributed by atoms with Crippen LogP contribution in [0.4, 0.5) is 0 Å². The minimum absolute atomic E-state index is 0.00224. The Morgan fingerprint density at radius 3 is 2.73 bits per heavy atom. The van der Waals surface area contributed by atoms with Gasteiger partial charge in [-0.05, 0) is 24.1 Å². The molecule has 2 aromatic rings. The summed E-state index contributed by atoms with van der Waals surface area (Å²) in [5.41, 5.74) is 1.97. The fourth-order valence-electron chi connectivity index (χ4n) is 1.42. The van der Waals surface area contributed by atoms with E-state index in [1.54, 1.807) is 18.7 Å². The van der Waals surface area contributed by atoms with Gasteiger partial charge in [0, 0.05) is 25.1 Å². The molecule has 0 atom stereocenters. The molecule has 2 aromatic heterocycles. The molecule has 0 saturated heterocycles. The Kier molecular flexibility index (Phi) is 3.09. The first-order valence-electron chi connectivity index (χ1n) is 4.89. The Labute approximate surface area is 88.2 Å². The lowest BCUT2D eigenvalue weighted by atomic mass is 10.2. The van der Waals surface area contributed by atoms with E-state index < -0.39 is 0 Å². The second kappa shape index (κ2) is 4.70. The summed E-state index contributed by atoms with van der Waals surface area (Å²) in [5.74, 6) is 0. The van der Waals surface area contributed by atoms with Crippen molar-refractivity contribution >= 4 is 0 Å². The summed E-state index contributed by atoms with van der Waals surface area (Å²) in [5, 5.41) is 8.85. The Balaban J connectivity index is 1.93. The Morgan fingerprint density at radius 2 is 2.07 bits per heavy atom. The summed E-state index contributed by atoms with van der Waals surface area (Å²) in [6.45, 7) is 0.874. The molecule has 0 aromatic carbocycles. The van der Waals surface area contributed by atoms with Crippen molar-refractivity contribution in [2.75, 3.05) is 0 Å². The van der Waals surface area contributed by atoms with Crippen LogP contribution in [-0.2, 0) is 19.6 Å². The van der Waals surface area contributed by atoms with Gasteiger partial charge in [-0.3, -0.25) is 4.98 Å². The molecule has 0 radical (unpaired) electrons. The lowest BCUT2D eigenvalue weighted by Gasteiger charge is -2.01. The highest BCUT2D eigenvalue weighted by Crippen LogP contribution is 2.01. The molecular formula is C11H13N3O. The second-order valence-corrected chi connectivity index (χ2v) is 3.37. The third kappa shape index (κ3) is 2.63. The van der Waals surface area contributed by atoms with Crippen molar-refractivity contribution in [1.82, 2.24) is 14.5 Å². The summed E-state index contributed by atoms with van der Waals surface area (Å²) < 4.78 is 1.98. The van der Waals surface area contributed by atoms with E-state index in [-0.39, 0.29) is 6.61 Å². The number of aromatic nitrogens is 3. The summed E-state index contributed by atoms with van der Waals surface area (Å²) in [6, 6.07) is 4.01. The maximum Gasteiger partial charge on any atom is 0.0950 e. The zero-order valence-corrected chi connectivity index (χ0v) is 8.37. The number of hydrogen-bond donors (Lipinski definition) is 1. The van der Waals surface area contributed by atoms with E-state index >= 15 is 0 Å². The smallest absolute Gasteiger partial charge is 0.0950 e. The molecule has 2 rings (SSSR count). The summed E-state index contributed by atoms with van der Waals surface area (Å²) in [6.07, 6.45) is 8.14. The molecule has 0 saturated carbocycles. The van der Waals surface area contributed by atoms with Gasteiger partial charge in [0.15, 0.2) is 0 Å². The first-order chi connectivity index (χ1) is 7.38. The summed E-state index contributed by atoms with van der Waals surface area (Å²) >= 11 is 0. The maximum atomic E-state index is 8.85. The minimum Gasteiger partial charge on any atom is -0.390 e. The molecule has 0 aliphatic heterocycles. The fraction of sp³-hybridized carbons (Fsp3) is 0.273. The molecule has 2 heterocycles. The van der Waals surface area contributed by atoms with Crippen LogP contribution in [0.1, 0.15) is 11.3 Å². The van der Waals surface area contributed by atoms with Gasteiger partial charge in [0.2, 0.25) is 0 Å². The molecule has 4 nitrogen and oxygen atoms in total. The number of hydrogen-bond acceptors (Lipinski definition) is 3. The van der Waals surface area contributed by atoms with E-state index in [9.17, 15) is 0 Å². The van der Waals surface area contributed by atoms with Gasteiger partial charge in [-0.1, -0.05) is 0 Å². The number of rotatable bonds is 4. The average molecular weight is 203 g/mol. The highest BCUT2D eigenvalue weighted by Gasteiger charge is 1.97. The summed E-state index contributed by atoms with van der Waals surface area (Å²) in [7, 11) is 0. The number of aliphatic hydroxyl groups is 1. The van der Waals surface area contributed by atoms with Crippen molar-refractivity contribution in [3.63, 3.8) is 0 Å². The zero-order valence-electron chi connectivity index (χ0n) is 8.37. The van der Waals surface area contributed by atoms with Crippen molar-refractivity contribution in [3.05, 3.63) is 48.3 Å².